The van der Waals surface area contributed by atoms with Gasteiger partial charge in [0.05, 0.1) is 0 Å². The first-order valence-electron chi connectivity index (χ1n) is 17.7. The predicted octanol–water partition coefficient (Wildman–Crippen LogP) is 11.1. The predicted molar refractivity (Wildman–Crippen MR) is 242 cm³/mol. The van der Waals surface area contributed by atoms with Crippen LogP contribution in [-0.2, 0) is 0 Å². The van der Waals surface area contributed by atoms with Gasteiger partial charge in [0.2, 0.25) is 0 Å². The van der Waals surface area contributed by atoms with Gasteiger partial charge in [0, 0.05) is 0 Å². The van der Waals surface area contributed by atoms with Crippen LogP contribution in [0.5, 0.6) is 0 Å². The Labute approximate surface area is 341 Å². The molecule has 0 radical (unpaired) electrons. The zero-order chi connectivity index (χ0) is 36.9. The van der Waals surface area contributed by atoms with E-state index in [1.807, 2.05) is 42.5 Å². The van der Waals surface area contributed by atoms with Crippen LogP contribution in [-0.4, -0.2) is 46.2 Å². The second-order valence-electron chi connectivity index (χ2n) is 12.8. The summed E-state index contributed by atoms with van der Waals surface area (Å²) in [4.78, 5) is 0. The molecule has 2 N–H and O–H groups in total. The van der Waals surface area contributed by atoms with Crippen molar-refractivity contribution in [3.05, 3.63) is 198 Å². The molecule has 2 aromatic heterocycles. The van der Waals surface area contributed by atoms with Crippen molar-refractivity contribution in [2.24, 2.45) is 0 Å². The second-order valence-corrected chi connectivity index (χ2v) is 18.4. The molecule has 10 aromatic rings. The molecule has 0 bridgehead atoms. The van der Waals surface area contributed by atoms with Gasteiger partial charge in [-0.3, -0.25) is 0 Å². The molecular weight excluding hydrogens is 904 g/mol. The number of hydrogen-bond acceptors (Lipinski definition) is 2. The van der Waals surface area contributed by atoms with Crippen molar-refractivity contribution < 1.29 is 10.0 Å². The Morgan fingerprint density at radius 2 is 0.759 bits per heavy atom. The Bertz CT molecular complexity index is 2800. The van der Waals surface area contributed by atoms with Gasteiger partial charge in [0.1, 0.15) is 0 Å². The van der Waals surface area contributed by atoms with Gasteiger partial charge in [-0.1, -0.05) is 54.6 Å². The van der Waals surface area contributed by atoms with Crippen molar-refractivity contribution in [3.8, 4) is 33.4 Å². The molecule has 0 amide bonds. The molecule has 0 saturated carbocycles. The first-order chi connectivity index (χ1) is 26.5. The molecule has 8 aromatic carbocycles. The molecule has 0 fully saturated rings. The maximum atomic E-state index is 8.94. The van der Waals surface area contributed by atoms with Crippen molar-refractivity contribution in [2.45, 2.75) is 0 Å². The Hall–Kier alpha value is -4.49. The molecule has 0 atom stereocenters. The molecule has 6 heteroatoms. The van der Waals surface area contributed by atoms with Crippen LogP contribution in [0.3, 0.4) is 0 Å². The van der Waals surface area contributed by atoms with Crippen LogP contribution in [0.25, 0.3) is 72.0 Å². The van der Waals surface area contributed by atoms with E-state index in [-0.39, 0.29) is 0 Å². The number of benzene rings is 8. The number of hydrogen-bond donors (Lipinski definition) is 2. The van der Waals surface area contributed by atoms with Gasteiger partial charge in [-0.05, 0) is 16.6 Å². The second kappa shape index (κ2) is 16.9. The number of rotatable bonds is 4. The Kier molecular flexibility index (Phi) is 11.4. The van der Waals surface area contributed by atoms with Crippen LogP contribution < -0.4 is 5.46 Å². The third kappa shape index (κ3) is 7.98. The summed E-state index contributed by atoms with van der Waals surface area (Å²) in [7, 11) is -1.39. The third-order valence-electron chi connectivity index (χ3n) is 9.38. The third-order valence-corrected chi connectivity index (χ3v) is 16.2. The van der Waals surface area contributed by atoms with Gasteiger partial charge in [-0.15, -0.1) is 0 Å². The van der Waals surface area contributed by atoms with Crippen molar-refractivity contribution in [1.29, 1.82) is 0 Å². The van der Waals surface area contributed by atoms with Gasteiger partial charge in [-0.25, -0.2) is 0 Å². The van der Waals surface area contributed by atoms with E-state index in [0.29, 0.717) is 34.5 Å². The van der Waals surface area contributed by atoms with Crippen molar-refractivity contribution in [3.63, 3.8) is 0 Å². The van der Waals surface area contributed by atoms with E-state index in [9.17, 15) is 0 Å². The molecule has 2 nitrogen and oxygen atoms in total. The summed E-state index contributed by atoms with van der Waals surface area (Å²) >= 11 is 3.35. The van der Waals surface area contributed by atoms with E-state index >= 15 is 0 Å². The van der Waals surface area contributed by atoms with Crippen molar-refractivity contribution >= 4 is 103 Å². The molecule has 0 aliphatic heterocycles. The zero-order valence-corrected chi connectivity index (χ0v) is 34.7. The van der Waals surface area contributed by atoms with Crippen LogP contribution >= 0.6 is 22.6 Å². The number of halogens is 1. The van der Waals surface area contributed by atoms with E-state index in [1.165, 1.54) is 60.1 Å². The topological polar surface area (TPSA) is 40.5 Å². The van der Waals surface area contributed by atoms with Gasteiger partial charge in [0.15, 0.2) is 0 Å². The van der Waals surface area contributed by atoms with Gasteiger partial charge in [-0.2, -0.15) is 0 Å². The van der Waals surface area contributed by atoms with E-state index in [0.717, 1.165) is 11.1 Å². The Balaban J connectivity index is 0.000000123. The molecule has 54 heavy (non-hydrogen) atoms. The molecule has 0 unspecified atom stereocenters. The fraction of sp³-hybridized carbons (Fsp3) is 0. The Morgan fingerprint density at radius 1 is 0.352 bits per heavy atom. The van der Waals surface area contributed by atoms with Crippen molar-refractivity contribution in [2.75, 3.05) is 0 Å². The van der Waals surface area contributed by atoms with Crippen LogP contribution in [0.2, 0.25) is 0 Å². The SMILES string of the molecule is Ic1cccc2c1[se]c1ccccc12.OB(O)c1ccc(-c2ccccc2)cc1.c1ccc(-c2ccc(-c3cccc4c3[se]c3ccccc34)cc2)cc1. The standard InChI is InChI=1S/C24H16Se.C12H11BO2.C12H7ISe/c1-2-7-17(8-3-1)18-13-15-19(16-14-18)20-10-6-11-22-21-9-4-5-12-23(21)25-24(20)22;14-13(15)12-8-6-11(7-9-12)10-4-2-1-3-5-10;13-10-6-3-5-9-8-4-1-2-7-11(8)14-12(9)10/h1-16H;1-9,14-15H;1-7H. The van der Waals surface area contributed by atoms with E-state index in [1.54, 1.807) is 16.4 Å². The van der Waals surface area contributed by atoms with Gasteiger partial charge in [0.25, 0.3) is 0 Å². The summed E-state index contributed by atoms with van der Waals surface area (Å²) in [5.74, 6) is 0. The summed E-state index contributed by atoms with van der Waals surface area (Å²) in [5.41, 5.74) is 7.93. The van der Waals surface area contributed by atoms with Crippen LogP contribution in [0.15, 0.2) is 194 Å². The molecular formula is C48H34BIO2Se2. The summed E-state index contributed by atoms with van der Waals surface area (Å²) in [5, 5.41) is 23.6. The van der Waals surface area contributed by atoms with Crippen molar-refractivity contribution in [1.82, 2.24) is 0 Å². The van der Waals surface area contributed by atoms with E-state index < -0.39 is 7.12 Å². The molecule has 0 spiro atoms. The molecule has 260 valence electrons. The zero-order valence-electron chi connectivity index (χ0n) is 29.1. The summed E-state index contributed by atoms with van der Waals surface area (Å²) in [6.07, 6.45) is 0. The molecule has 2 heterocycles. The van der Waals surface area contributed by atoms with Crippen LogP contribution in [0.1, 0.15) is 0 Å². The van der Waals surface area contributed by atoms with Crippen LogP contribution in [0, 0.1) is 3.57 Å². The van der Waals surface area contributed by atoms with Gasteiger partial charge < -0.3 is 10.0 Å². The quantitative estimate of drug-likeness (QED) is 0.136. The Morgan fingerprint density at radius 3 is 1.31 bits per heavy atom. The van der Waals surface area contributed by atoms with Gasteiger partial charge >= 0.3 is 263 Å². The molecule has 0 saturated heterocycles. The monoisotopic (exact) mass is 940 g/mol. The minimum absolute atomic E-state index is 0.390. The number of fused-ring (bicyclic) bond motifs is 6. The molecule has 0 aliphatic rings. The summed E-state index contributed by atoms with van der Waals surface area (Å²) < 4.78 is 7.51. The normalized spacial score (nSPS) is 10.9. The fourth-order valence-corrected chi connectivity index (χ4v) is 12.6. The van der Waals surface area contributed by atoms with Crippen LogP contribution in [0.4, 0.5) is 0 Å². The van der Waals surface area contributed by atoms with E-state index in [2.05, 4.69) is 162 Å². The average molecular weight is 938 g/mol. The minimum atomic E-state index is -1.39. The van der Waals surface area contributed by atoms with E-state index in [4.69, 9.17) is 10.0 Å². The summed E-state index contributed by atoms with van der Waals surface area (Å²) in [6.45, 7) is 0. The summed E-state index contributed by atoms with van der Waals surface area (Å²) in [6, 6.07) is 67.6. The fourth-order valence-electron chi connectivity index (χ4n) is 6.64. The molecule has 0 aliphatic carbocycles. The maximum absolute atomic E-state index is 8.94. The first-order valence-corrected chi connectivity index (χ1v) is 22.2. The first kappa shape index (κ1) is 36.5. The molecule has 10 rings (SSSR count). The average Bonchev–Trinajstić information content (AvgIpc) is 3.82.